The molecule has 5 nitrogen and oxygen atoms in total. The van der Waals surface area contributed by atoms with Gasteiger partial charge in [-0.2, -0.15) is 0 Å². The maximum absolute atomic E-state index is 12.5. The number of nitrogens with zero attached hydrogens (tertiary/aromatic N) is 2. The maximum Gasteiger partial charge on any atom is 0.268 e. The summed E-state index contributed by atoms with van der Waals surface area (Å²) in [4.78, 5) is 19.0. The summed E-state index contributed by atoms with van der Waals surface area (Å²) in [6.07, 6.45) is 5.31. The molecule has 1 amide bonds. The highest BCUT2D eigenvalue weighted by Gasteiger charge is 2.25. The second kappa shape index (κ2) is 6.26. The van der Waals surface area contributed by atoms with Gasteiger partial charge in [0.2, 0.25) is 0 Å². The van der Waals surface area contributed by atoms with Crippen LogP contribution in [0.15, 0.2) is 12.7 Å². The van der Waals surface area contributed by atoms with Gasteiger partial charge < -0.3 is 16.0 Å². The van der Waals surface area contributed by atoms with E-state index in [-0.39, 0.29) is 11.9 Å². The normalized spacial score (nSPS) is 14.9. The van der Waals surface area contributed by atoms with Gasteiger partial charge >= 0.3 is 0 Å². The van der Waals surface area contributed by atoms with Crippen LogP contribution in [-0.4, -0.2) is 34.4 Å². The van der Waals surface area contributed by atoms with Gasteiger partial charge in [0.05, 0.1) is 0 Å². The number of hydrogen-bond acceptors (Lipinski definition) is 5. The molecule has 0 spiro atoms. The van der Waals surface area contributed by atoms with Crippen molar-refractivity contribution in [3.8, 4) is 0 Å². The van der Waals surface area contributed by atoms with Crippen LogP contribution < -0.4 is 11.1 Å². The van der Waals surface area contributed by atoms with Crippen molar-refractivity contribution in [3.63, 3.8) is 0 Å². The Morgan fingerprint density at radius 1 is 1.65 bits per heavy atom. The molecule has 1 aromatic heterocycles. The third-order valence-corrected chi connectivity index (χ3v) is 4.48. The average Bonchev–Trinajstić information content (AvgIpc) is 2.71. The van der Waals surface area contributed by atoms with Crippen LogP contribution in [0.25, 0.3) is 0 Å². The second-order valence-corrected chi connectivity index (χ2v) is 6.34. The molecule has 0 aromatic carbocycles. The summed E-state index contributed by atoms with van der Waals surface area (Å²) in [5.74, 6) is 0.244. The molecule has 2 rings (SSSR count). The number of nitrogens with one attached hydrogen (secondary N) is 1. The topological polar surface area (TPSA) is 71.2 Å². The van der Waals surface area contributed by atoms with Gasteiger partial charge in [0.1, 0.15) is 10.7 Å². The summed E-state index contributed by atoms with van der Waals surface area (Å²) in [5.41, 5.74) is 5.90. The van der Waals surface area contributed by atoms with Gasteiger partial charge in [-0.25, -0.2) is 4.98 Å². The van der Waals surface area contributed by atoms with Crippen molar-refractivity contribution in [1.29, 1.82) is 0 Å². The largest absolute Gasteiger partial charge is 0.382 e. The fourth-order valence-electron chi connectivity index (χ4n) is 2.07. The SMILES string of the molecule is C=CCN(C(=O)c1sc(NC2CCC2)nc1N)C(C)C. The first-order valence-electron chi connectivity index (χ1n) is 6.97. The zero-order valence-electron chi connectivity index (χ0n) is 12.1. The molecule has 1 fully saturated rings. The molecule has 0 saturated heterocycles. The average molecular weight is 294 g/mol. The summed E-state index contributed by atoms with van der Waals surface area (Å²) in [5, 5.41) is 4.08. The molecule has 0 atom stereocenters. The minimum atomic E-state index is -0.0726. The molecule has 0 bridgehead atoms. The van der Waals surface area contributed by atoms with Crippen molar-refractivity contribution >= 4 is 28.2 Å². The standard InChI is InChI=1S/C14H22N4OS/c1-4-8-18(9(2)3)13(19)11-12(15)17-14(20-11)16-10-6-5-7-10/h4,9-10H,1,5-8,15H2,2-3H3,(H,16,17). The Labute approximate surface area is 123 Å². The van der Waals surface area contributed by atoms with Gasteiger partial charge in [-0.1, -0.05) is 17.4 Å². The van der Waals surface area contributed by atoms with E-state index in [0.29, 0.717) is 23.3 Å². The van der Waals surface area contributed by atoms with E-state index in [1.54, 1.807) is 11.0 Å². The van der Waals surface area contributed by atoms with E-state index in [1.165, 1.54) is 17.8 Å². The third-order valence-electron chi connectivity index (χ3n) is 3.49. The van der Waals surface area contributed by atoms with Crippen molar-refractivity contribution in [2.24, 2.45) is 0 Å². The van der Waals surface area contributed by atoms with Gasteiger partial charge in [-0.3, -0.25) is 4.79 Å². The fraction of sp³-hybridized carbons (Fsp3) is 0.571. The number of anilines is 2. The third kappa shape index (κ3) is 3.12. The molecule has 1 aromatic rings. The van der Waals surface area contributed by atoms with Gasteiger partial charge in [0.25, 0.3) is 5.91 Å². The summed E-state index contributed by atoms with van der Waals surface area (Å²) < 4.78 is 0. The summed E-state index contributed by atoms with van der Waals surface area (Å²) in [6, 6.07) is 0.586. The zero-order chi connectivity index (χ0) is 14.7. The van der Waals surface area contributed by atoms with Crippen LogP contribution in [0.4, 0.5) is 10.9 Å². The maximum atomic E-state index is 12.5. The minimum Gasteiger partial charge on any atom is -0.382 e. The molecule has 1 saturated carbocycles. The molecule has 0 aliphatic heterocycles. The Kier molecular flexibility index (Phi) is 4.65. The van der Waals surface area contributed by atoms with E-state index in [2.05, 4.69) is 16.9 Å². The first-order chi connectivity index (χ1) is 9.52. The number of nitrogens with two attached hydrogens (primary N) is 1. The lowest BCUT2D eigenvalue weighted by Gasteiger charge is -2.26. The Morgan fingerprint density at radius 2 is 2.35 bits per heavy atom. The molecule has 110 valence electrons. The number of aromatic nitrogens is 1. The van der Waals surface area contributed by atoms with E-state index in [9.17, 15) is 4.79 Å². The van der Waals surface area contributed by atoms with Gasteiger partial charge in [-0.15, -0.1) is 6.58 Å². The van der Waals surface area contributed by atoms with Crippen LogP contribution in [0, 0.1) is 0 Å². The Balaban J connectivity index is 2.13. The number of nitrogen functional groups attached to an aromatic ring is 1. The van der Waals surface area contributed by atoms with E-state index in [4.69, 9.17) is 5.73 Å². The van der Waals surface area contributed by atoms with Crippen LogP contribution in [0.2, 0.25) is 0 Å². The predicted molar refractivity (Wildman–Crippen MR) is 84.2 cm³/mol. The van der Waals surface area contributed by atoms with E-state index in [1.807, 2.05) is 13.8 Å². The van der Waals surface area contributed by atoms with Gasteiger partial charge in [0, 0.05) is 18.6 Å². The molecule has 0 radical (unpaired) electrons. The van der Waals surface area contributed by atoms with Crippen molar-refractivity contribution < 1.29 is 4.79 Å². The van der Waals surface area contributed by atoms with E-state index in [0.717, 1.165) is 18.0 Å². The van der Waals surface area contributed by atoms with Crippen LogP contribution in [0.5, 0.6) is 0 Å². The Bertz CT molecular complexity index is 493. The smallest absolute Gasteiger partial charge is 0.268 e. The molecular formula is C14H22N4OS. The van der Waals surface area contributed by atoms with Crippen molar-refractivity contribution in [2.75, 3.05) is 17.6 Å². The van der Waals surface area contributed by atoms with Crippen LogP contribution in [0.3, 0.4) is 0 Å². The molecule has 6 heteroatoms. The van der Waals surface area contributed by atoms with Crippen molar-refractivity contribution in [2.45, 2.75) is 45.2 Å². The van der Waals surface area contributed by atoms with E-state index >= 15 is 0 Å². The summed E-state index contributed by atoms with van der Waals surface area (Å²) in [7, 11) is 0. The van der Waals surface area contributed by atoms with Gasteiger partial charge in [0.15, 0.2) is 5.13 Å². The summed E-state index contributed by atoms with van der Waals surface area (Å²) in [6.45, 7) is 8.16. The number of amides is 1. The lowest BCUT2D eigenvalue weighted by Crippen LogP contribution is -2.36. The molecule has 1 aliphatic carbocycles. The van der Waals surface area contributed by atoms with Crippen LogP contribution >= 0.6 is 11.3 Å². The lowest BCUT2D eigenvalue weighted by molar-refractivity contribution is 0.0734. The fourth-order valence-corrected chi connectivity index (χ4v) is 2.99. The van der Waals surface area contributed by atoms with E-state index < -0.39 is 0 Å². The number of thiazole rings is 1. The highest BCUT2D eigenvalue weighted by Crippen LogP contribution is 2.30. The molecule has 1 aliphatic rings. The number of rotatable bonds is 6. The van der Waals surface area contributed by atoms with Crippen molar-refractivity contribution in [3.05, 3.63) is 17.5 Å². The first-order valence-corrected chi connectivity index (χ1v) is 7.79. The minimum absolute atomic E-state index is 0.0726. The Morgan fingerprint density at radius 3 is 2.85 bits per heavy atom. The quantitative estimate of drug-likeness (QED) is 0.791. The zero-order valence-corrected chi connectivity index (χ0v) is 12.9. The highest BCUT2D eigenvalue weighted by molar-refractivity contribution is 7.18. The molecule has 20 heavy (non-hydrogen) atoms. The second-order valence-electron chi connectivity index (χ2n) is 5.35. The van der Waals surface area contributed by atoms with Gasteiger partial charge in [-0.05, 0) is 33.1 Å². The summed E-state index contributed by atoms with van der Waals surface area (Å²) >= 11 is 1.34. The van der Waals surface area contributed by atoms with Crippen LogP contribution in [0.1, 0.15) is 42.8 Å². The number of carbonyl (C=O) groups excluding carboxylic acids is 1. The monoisotopic (exact) mass is 294 g/mol. The number of hydrogen-bond donors (Lipinski definition) is 2. The Hall–Kier alpha value is -1.56. The molecular weight excluding hydrogens is 272 g/mol. The first kappa shape index (κ1) is 14.8. The number of carbonyl (C=O) groups is 1. The predicted octanol–water partition coefficient (Wildman–Crippen LogP) is 2.73. The molecule has 0 unspecified atom stereocenters. The highest BCUT2D eigenvalue weighted by atomic mass is 32.1. The molecule has 1 heterocycles. The van der Waals surface area contributed by atoms with Crippen LogP contribution in [-0.2, 0) is 0 Å². The molecule has 3 N–H and O–H groups in total. The van der Waals surface area contributed by atoms with Crippen molar-refractivity contribution in [1.82, 2.24) is 9.88 Å². The lowest BCUT2D eigenvalue weighted by atomic mass is 9.93.